The third-order valence-electron chi connectivity index (χ3n) is 6.98. The standard InChI is InChI=1S/C25H52/c1-9-12-15-21(5)18-24(8)25(19-20(4)11-3)17-13-16-23(7)22(6)14-10-2/h20-25H,9-19H2,1-8H3. The lowest BCUT2D eigenvalue weighted by Crippen LogP contribution is -2.18. The summed E-state index contributed by atoms with van der Waals surface area (Å²) >= 11 is 0. The maximum absolute atomic E-state index is 2.55. The molecule has 0 radical (unpaired) electrons. The smallest absolute Gasteiger partial charge is 0.0386 e. The van der Waals surface area contributed by atoms with Gasteiger partial charge in [-0.3, -0.25) is 0 Å². The zero-order valence-corrected chi connectivity index (χ0v) is 19.2. The van der Waals surface area contributed by atoms with Crippen molar-refractivity contribution in [1.29, 1.82) is 0 Å². The van der Waals surface area contributed by atoms with Crippen LogP contribution < -0.4 is 0 Å². The van der Waals surface area contributed by atoms with Gasteiger partial charge in [0.05, 0.1) is 0 Å². The van der Waals surface area contributed by atoms with Crippen LogP contribution in [0.4, 0.5) is 0 Å². The monoisotopic (exact) mass is 352 g/mol. The number of unbranched alkanes of at least 4 members (excludes halogenated alkanes) is 1. The minimum atomic E-state index is 0.898. The average Bonchev–Trinajstić information content (AvgIpc) is 2.58. The summed E-state index contributed by atoms with van der Waals surface area (Å²) in [7, 11) is 0. The average molecular weight is 353 g/mol. The topological polar surface area (TPSA) is 0 Å². The molecular weight excluding hydrogens is 300 g/mol. The predicted molar refractivity (Wildman–Crippen MR) is 117 cm³/mol. The van der Waals surface area contributed by atoms with E-state index in [4.69, 9.17) is 0 Å². The lowest BCUT2D eigenvalue weighted by atomic mass is 9.76. The van der Waals surface area contributed by atoms with Gasteiger partial charge in [0, 0.05) is 0 Å². The number of rotatable bonds is 16. The van der Waals surface area contributed by atoms with Crippen LogP contribution in [0, 0.1) is 35.5 Å². The Hall–Kier alpha value is 0. The second-order valence-electron chi connectivity index (χ2n) is 9.64. The first-order valence-electron chi connectivity index (χ1n) is 11.8. The van der Waals surface area contributed by atoms with Crippen molar-refractivity contribution in [2.24, 2.45) is 35.5 Å². The molecule has 6 atom stereocenters. The normalized spacial score (nSPS) is 19.2. The highest BCUT2D eigenvalue weighted by Crippen LogP contribution is 2.33. The van der Waals surface area contributed by atoms with Gasteiger partial charge in [-0.2, -0.15) is 0 Å². The van der Waals surface area contributed by atoms with Gasteiger partial charge < -0.3 is 0 Å². The summed E-state index contributed by atoms with van der Waals surface area (Å²) in [5, 5.41) is 0. The first kappa shape index (κ1) is 25.0. The fourth-order valence-electron chi connectivity index (χ4n) is 4.54. The van der Waals surface area contributed by atoms with Crippen LogP contribution in [0.1, 0.15) is 126 Å². The minimum absolute atomic E-state index is 0.898. The molecule has 0 rings (SSSR count). The fraction of sp³-hybridized carbons (Fsp3) is 1.00. The van der Waals surface area contributed by atoms with Crippen molar-refractivity contribution >= 4 is 0 Å². The van der Waals surface area contributed by atoms with Gasteiger partial charge >= 0.3 is 0 Å². The van der Waals surface area contributed by atoms with Crippen molar-refractivity contribution in [3.63, 3.8) is 0 Å². The molecule has 0 bridgehead atoms. The molecule has 0 aromatic carbocycles. The second-order valence-corrected chi connectivity index (χ2v) is 9.64. The summed E-state index contributed by atoms with van der Waals surface area (Å²) in [6.07, 6.45) is 15.5. The van der Waals surface area contributed by atoms with E-state index in [-0.39, 0.29) is 0 Å². The Morgan fingerprint density at radius 2 is 1.16 bits per heavy atom. The Morgan fingerprint density at radius 1 is 0.520 bits per heavy atom. The van der Waals surface area contributed by atoms with Crippen LogP contribution in [-0.4, -0.2) is 0 Å². The zero-order valence-electron chi connectivity index (χ0n) is 19.2. The highest BCUT2D eigenvalue weighted by atomic mass is 14.3. The van der Waals surface area contributed by atoms with E-state index in [0.717, 1.165) is 35.5 Å². The van der Waals surface area contributed by atoms with E-state index in [1.54, 1.807) is 0 Å². The first-order valence-corrected chi connectivity index (χ1v) is 11.8. The Bertz CT molecular complexity index is 282. The van der Waals surface area contributed by atoms with Gasteiger partial charge in [0.15, 0.2) is 0 Å². The van der Waals surface area contributed by atoms with E-state index in [1.165, 1.54) is 70.6 Å². The fourth-order valence-corrected chi connectivity index (χ4v) is 4.54. The minimum Gasteiger partial charge on any atom is -0.0654 e. The maximum atomic E-state index is 2.55. The molecule has 0 heterocycles. The summed E-state index contributed by atoms with van der Waals surface area (Å²) in [5.41, 5.74) is 0. The Labute approximate surface area is 161 Å². The molecule has 6 unspecified atom stereocenters. The van der Waals surface area contributed by atoms with Gasteiger partial charge in [0.2, 0.25) is 0 Å². The van der Waals surface area contributed by atoms with Gasteiger partial charge in [0.25, 0.3) is 0 Å². The van der Waals surface area contributed by atoms with Crippen molar-refractivity contribution < 1.29 is 0 Å². The van der Waals surface area contributed by atoms with E-state index in [9.17, 15) is 0 Å². The van der Waals surface area contributed by atoms with E-state index in [0.29, 0.717) is 0 Å². The molecule has 25 heavy (non-hydrogen) atoms. The molecule has 0 N–H and O–H groups in total. The van der Waals surface area contributed by atoms with Crippen LogP contribution in [0.5, 0.6) is 0 Å². The molecular formula is C25H52. The molecule has 0 spiro atoms. The van der Waals surface area contributed by atoms with Gasteiger partial charge in [-0.25, -0.2) is 0 Å². The third-order valence-corrected chi connectivity index (χ3v) is 6.98. The van der Waals surface area contributed by atoms with Crippen LogP contribution in [0.3, 0.4) is 0 Å². The van der Waals surface area contributed by atoms with E-state index in [1.807, 2.05) is 0 Å². The SMILES string of the molecule is CCCCC(C)CC(C)C(CCCC(C)C(C)CCC)CC(C)CC. The second kappa shape index (κ2) is 15.1. The van der Waals surface area contributed by atoms with Crippen LogP contribution in [0.15, 0.2) is 0 Å². The van der Waals surface area contributed by atoms with Gasteiger partial charge in [0.1, 0.15) is 0 Å². The van der Waals surface area contributed by atoms with Crippen LogP contribution in [0.2, 0.25) is 0 Å². The summed E-state index contributed by atoms with van der Waals surface area (Å²) in [4.78, 5) is 0. The third kappa shape index (κ3) is 12.1. The summed E-state index contributed by atoms with van der Waals surface area (Å²) in [6.45, 7) is 19.5. The van der Waals surface area contributed by atoms with Crippen molar-refractivity contribution in [2.45, 2.75) is 126 Å². The molecule has 152 valence electrons. The molecule has 0 fully saturated rings. The van der Waals surface area contributed by atoms with E-state index in [2.05, 4.69) is 55.4 Å². The first-order chi connectivity index (χ1) is 11.8. The Morgan fingerprint density at radius 3 is 1.72 bits per heavy atom. The molecule has 0 nitrogen and oxygen atoms in total. The van der Waals surface area contributed by atoms with Crippen molar-refractivity contribution in [1.82, 2.24) is 0 Å². The van der Waals surface area contributed by atoms with Crippen LogP contribution >= 0.6 is 0 Å². The summed E-state index contributed by atoms with van der Waals surface area (Å²) in [6, 6.07) is 0. The molecule has 0 aliphatic carbocycles. The largest absolute Gasteiger partial charge is 0.0654 e. The van der Waals surface area contributed by atoms with E-state index >= 15 is 0 Å². The van der Waals surface area contributed by atoms with Crippen LogP contribution in [0.25, 0.3) is 0 Å². The lowest BCUT2D eigenvalue weighted by molar-refractivity contribution is 0.218. The highest BCUT2D eigenvalue weighted by Gasteiger charge is 2.22. The quantitative estimate of drug-likeness (QED) is 0.260. The Balaban J connectivity index is 4.45. The van der Waals surface area contributed by atoms with Gasteiger partial charge in [-0.1, -0.05) is 113 Å². The van der Waals surface area contributed by atoms with Gasteiger partial charge in [-0.15, -0.1) is 0 Å². The maximum Gasteiger partial charge on any atom is -0.0386 e. The molecule has 0 aliphatic rings. The van der Waals surface area contributed by atoms with Gasteiger partial charge in [-0.05, 0) is 48.3 Å². The van der Waals surface area contributed by atoms with E-state index < -0.39 is 0 Å². The summed E-state index contributed by atoms with van der Waals surface area (Å²) < 4.78 is 0. The molecule has 0 aromatic heterocycles. The molecule has 0 aromatic rings. The van der Waals surface area contributed by atoms with Crippen molar-refractivity contribution in [2.75, 3.05) is 0 Å². The molecule has 0 saturated heterocycles. The number of hydrogen-bond acceptors (Lipinski definition) is 0. The predicted octanol–water partition coefficient (Wildman–Crippen LogP) is 9.13. The number of hydrogen-bond donors (Lipinski definition) is 0. The molecule has 0 amide bonds. The Kier molecular flexibility index (Phi) is 15.1. The van der Waals surface area contributed by atoms with Crippen molar-refractivity contribution in [3.8, 4) is 0 Å². The highest BCUT2D eigenvalue weighted by molar-refractivity contribution is 4.73. The summed E-state index contributed by atoms with van der Waals surface area (Å²) in [5.74, 6) is 5.48. The van der Waals surface area contributed by atoms with Crippen LogP contribution in [-0.2, 0) is 0 Å². The lowest BCUT2D eigenvalue weighted by Gasteiger charge is -2.29. The molecule has 0 aliphatic heterocycles. The van der Waals surface area contributed by atoms with Crippen molar-refractivity contribution in [3.05, 3.63) is 0 Å². The molecule has 0 saturated carbocycles. The molecule has 0 heteroatoms. The zero-order chi connectivity index (χ0) is 19.2.